The number of likely N-dealkylation sites (tertiary alicyclic amines) is 1. The number of hydrogen-bond acceptors (Lipinski definition) is 5. The summed E-state index contributed by atoms with van der Waals surface area (Å²) in [4.78, 5) is 46.8. The summed E-state index contributed by atoms with van der Waals surface area (Å²) in [5, 5.41) is 6.39. The molecule has 0 saturated carbocycles. The summed E-state index contributed by atoms with van der Waals surface area (Å²) in [7, 11) is 0. The summed E-state index contributed by atoms with van der Waals surface area (Å²) in [5.41, 5.74) is 1.86. The van der Waals surface area contributed by atoms with Gasteiger partial charge < -0.3 is 20.3 Å². The van der Waals surface area contributed by atoms with Gasteiger partial charge in [-0.15, -0.1) is 0 Å². The molecule has 3 aliphatic rings. The third-order valence-corrected chi connectivity index (χ3v) is 8.46. The zero-order valence-electron chi connectivity index (χ0n) is 22.6. The van der Waals surface area contributed by atoms with E-state index in [2.05, 4.69) is 27.8 Å². The first-order valence-electron chi connectivity index (χ1n) is 14.0. The zero-order chi connectivity index (χ0) is 27.2. The molecule has 4 heterocycles. The third kappa shape index (κ3) is 6.38. The minimum Gasteiger partial charge on any atom is -0.381 e. The number of aromatic nitrogens is 1. The van der Waals surface area contributed by atoms with Gasteiger partial charge in [-0.05, 0) is 56.7 Å². The average Bonchev–Trinajstić information content (AvgIpc) is 2.96. The van der Waals surface area contributed by atoms with Crippen molar-refractivity contribution in [2.24, 2.45) is 11.3 Å². The molecule has 3 atom stereocenters. The first-order valence-corrected chi connectivity index (χ1v) is 14.0. The Balaban J connectivity index is 1.39. The Morgan fingerprint density at radius 3 is 2.62 bits per heavy atom. The van der Waals surface area contributed by atoms with Crippen LogP contribution in [0.5, 0.6) is 0 Å². The highest BCUT2D eigenvalue weighted by molar-refractivity contribution is 5.94. The van der Waals surface area contributed by atoms with Crippen molar-refractivity contribution in [1.82, 2.24) is 20.5 Å². The van der Waals surface area contributed by atoms with Crippen molar-refractivity contribution >= 4 is 17.7 Å². The van der Waals surface area contributed by atoms with Crippen molar-refractivity contribution in [3.05, 3.63) is 77.6 Å². The normalized spacial score (nSPS) is 26.4. The van der Waals surface area contributed by atoms with Crippen LogP contribution in [-0.2, 0) is 20.7 Å². The predicted octanol–water partition coefficient (Wildman–Crippen LogP) is 3.21. The second-order valence-electron chi connectivity index (χ2n) is 11.1. The number of pyridine rings is 1. The van der Waals surface area contributed by atoms with Crippen LogP contribution in [0.4, 0.5) is 0 Å². The van der Waals surface area contributed by atoms with Crippen LogP contribution in [-0.4, -0.2) is 66.0 Å². The highest BCUT2D eigenvalue weighted by atomic mass is 16.5. The highest BCUT2D eigenvalue weighted by Gasteiger charge is 2.41. The fourth-order valence-electron chi connectivity index (χ4n) is 5.94. The molecule has 1 spiro atoms. The van der Waals surface area contributed by atoms with Gasteiger partial charge in [-0.3, -0.25) is 19.4 Å². The number of nitrogens with one attached hydrogen (secondary N) is 2. The molecule has 1 aromatic carbocycles. The Bertz CT molecular complexity index is 1190. The zero-order valence-corrected chi connectivity index (χ0v) is 22.6. The van der Waals surface area contributed by atoms with Gasteiger partial charge in [0.2, 0.25) is 11.8 Å². The van der Waals surface area contributed by atoms with E-state index in [-0.39, 0.29) is 29.7 Å². The van der Waals surface area contributed by atoms with Crippen molar-refractivity contribution in [3.8, 4) is 0 Å². The van der Waals surface area contributed by atoms with E-state index in [1.807, 2.05) is 54.3 Å². The van der Waals surface area contributed by atoms with E-state index in [1.54, 1.807) is 6.20 Å². The Morgan fingerprint density at radius 2 is 1.87 bits per heavy atom. The molecule has 206 valence electrons. The minimum absolute atomic E-state index is 0.0299. The van der Waals surface area contributed by atoms with Crippen LogP contribution in [0.2, 0.25) is 0 Å². The van der Waals surface area contributed by atoms with E-state index in [1.165, 1.54) is 0 Å². The molecule has 8 nitrogen and oxygen atoms in total. The molecule has 3 amide bonds. The SMILES string of the molecule is Cc1ccc(C(=O)N2CC[C@@H]3NC(=O)[C@@H](Cc4ccccc4)NC(=O)C4(C/C=C/C[C@@H]3C2)CCOCC4)cn1. The molecule has 8 heteroatoms. The lowest BCUT2D eigenvalue weighted by Gasteiger charge is -2.40. The number of aryl methyl sites for hydroxylation is 1. The molecule has 2 aromatic rings. The number of piperidine rings is 1. The van der Waals surface area contributed by atoms with Gasteiger partial charge in [0.1, 0.15) is 6.04 Å². The molecular weight excluding hydrogens is 492 g/mol. The quantitative estimate of drug-likeness (QED) is 0.594. The van der Waals surface area contributed by atoms with Gasteiger partial charge in [0.15, 0.2) is 0 Å². The fraction of sp³-hybridized carbons (Fsp3) is 0.484. The van der Waals surface area contributed by atoms with Crippen molar-refractivity contribution in [1.29, 1.82) is 0 Å². The van der Waals surface area contributed by atoms with E-state index in [9.17, 15) is 14.4 Å². The molecule has 2 saturated heterocycles. The van der Waals surface area contributed by atoms with E-state index >= 15 is 0 Å². The predicted molar refractivity (Wildman–Crippen MR) is 148 cm³/mol. The monoisotopic (exact) mass is 530 g/mol. The number of rotatable bonds is 3. The second-order valence-corrected chi connectivity index (χ2v) is 11.1. The average molecular weight is 531 g/mol. The number of carbonyl (C=O) groups is 3. The number of benzene rings is 1. The van der Waals surface area contributed by atoms with Gasteiger partial charge in [0, 0.05) is 56.6 Å². The smallest absolute Gasteiger partial charge is 0.255 e. The van der Waals surface area contributed by atoms with E-state index in [0.717, 1.165) is 17.7 Å². The highest BCUT2D eigenvalue weighted by Crippen LogP contribution is 2.36. The van der Waals surface area contributed by atoms with Crippen LogP contribution < -0.4 is 10.6 Å². The summed E-state index contributed by atoms with van der Waals surface area (Å²) in [6.07, 6.45) is 9.53. The van der Waals surface area contributed by atoms with E-state index in [4.69, 9.17) is 4.74 Å². The molecule has 2 fully saturated rings. The third-order valence-electron chi connectivity index (χ3n) is 8.46. The molecule has 39 heavy (non-hydrogen) atoms. The summed E-state index contributed by atoms with van der Waals surface area (Å²) in [5.74, 6) is -0.204. The van der Waals surface area contributed by atoms with E-state index < -0.39 is 11.5 Å². The van der Waals surface area contributed by atoms with Gasteiger partial charge in [-0.25, -0.2) is 0 Å². The van der Waals surface area contributed by atoms with Gasteiger partial charge >= 0.3 is 0 Å². The molecule has 0 radical (unpaired) electrons. The largest absolute Gasteiger partial charge is 0.381 e. The van der Waals surface area contributed by atoms with Crippen LogP contribution in [0.25, 0.3) is 0 Å². The minimum atomic E-state index is -0.679. The fourth-order valence-corrected chi connectivity index (χ4v) is 5.94. The first kappa shape index (κ1) is 27.1. The molecule has 0 bridgehead atoms. The van der Waals surface area contributed by atoms with Gasteiger partial charge in [0.25, 0.3) is 5.91 Å². The number of carbonyl (C=O) groups excluding carboxylic acids is 3. The van der Waals surface area contributed by atoms with Crippen LogP contribution in [0.1, 0.15) is 53.7 Å². The lowest BCUT2D eigenvalue weighted by Crippen LogP contribution is -2.58. The summed E-state index contributed by atoms with van der Waals surface area (Å²) in [6.45, 7) is 4.07. The first-order chi connectivity index (χ1) is 18.9. The maximum absolute atomic E-state index is 13.7. The van der Waals surface area contributed by atoms with Crippen LogP contribution >= 0.6 is 0 Å². The molecule has 0 unspecified atom stereocenters. The van der Waals surface area contributed by atoms with Crippen molar-refractivity contribution in [2.75, 3.05) is 26.3 Å². The summed E-state index contributed by atoms with van der Waals surface area (Å²) < 4.78 is 5.58. The number of allylic oxidation sites excluding steroid dienone is 2. The maximum atomic E-state index is 13.7. The molecule has 1 aromatic heterocycles. The Kier molecular flexibility index (Phi) is 8.41. The van der Waals surface area contributed by atoms with Crippen LogP contribution in [0, 0.1) is 18.3 Å². The number of nitrogens with zero attached hydrogens (tertiary/aromatic N) is 2. The van der Waals surface area contributed by atoms with Gasteiger partial charge in [-0.2, -0.15) is 0 Å². The molecule has 2 N–H and O–H groups in total. The Labute approximate surface area is 230 Å². The van der Waals surface area contributed by atoms with Crippen molar-refractivity contribution < 1.29 is 19.1 Å². The molecule has 3 aliphatic heterocycles. The van der Waals surface area contributed by atoms with Gasteiger partial charge in [-0.1, -0.05) is 42.5 Å². The van der Waals surface area contributed by atoms with Crippen molar-refractivity contribution in [2.45, 2.75) is 57.5 Å². The molecule has 5 rings (SSSR count). The van der Waals surface area contributed by atoms with Gasteiger partial charge in [0.05, 0.1) is 11.0 Å². The number of ether oxygens (including phenoxy) is 1. The van der Waals surface area contributed by atoms with E-state index in [0.29, 0.717) is 64.0 Å². The number of hydrogen-bond donors (Lipinski definition) is 2. The topological polar surface area (TPSA) is 101 Å². The van der Waals surface area contributed by atoms with Crippen LogP contribution in [0.3, 0.4) is 0 Å². The molecular formula is C31H38N4O4. The maximum Gasteiger partial charge on any atom is 0.255 e. The lowest BCUT2D eigenvalue weighted by molar-refractivity contribution is -0.140. The standard InChI is InChI=1S/C31H38N4O4/c1-22-10-11-24(20-32-22)29(37)35-16-12-26-25(21-35)9-5-6-13-31(14-17-39-18-15-31)30(38)34-27(28(36)33-26)19-23-7-3-2-4-8-23/h2-8,10-11,20,25-27H,9,12-19,21H2,1H3,(H,33,36)(H,34,38)/b6-5+/t25-,26+,27-/m1/s1. The second kappa shape index (κ2) is 12.1. The number of fused-ring (bicyclic) bond motifs is 1. The Morgan fingerprint density at radius 1 is 1.08 bits per heavy atom. The van der Waals surface area contributed by atoms with Crippen LogP contribution in [0.15, 0.2) is 60.8 Å². The number of amides is 3. The molecule has 0 aliphatic carbocycles. The summed E-state index contributed by atoms with van der Waals surface area (Å²) >= 11 is 0. The van der Waals surface area contributed by atoms with Crippen molar-refractivity contribution in [3.63, 3.8) is 0 Å². The Hall–Kier alpha value is -3.52. The summed E-state index contributed by atoms with van der Waals surface area (Å²) in [6, 6.07) is 12.7. The lowest BCUT2D eigenvalue weighted by atomic mass is 9.75.